The fraction of sp³-hybridized carbons (Fsp3) is 1.00. The SMILES string of the molecule is CCCCCC[C@H]1CCCC2OCCCCC2O1. The van der Waals surface area contributed by atoms with Gasteiger partial charge in [0.15, 0.2) is 0 Å². The Morgan fingerprint density at radius 1 is 0.889 bits per heavy atom. The van der Waals surface area contributed by atoms with Crippen LogP contribution in [0.1, 0.15) is 77.6 Å². The third-order valence-electron chi connectivity index (χ3n) is 4.39. The second kappa shape index (κ2) is 8.16. The van der Waals surface area contributed by atoms with Gasteiger partial charge in [0.25, 0.3) is 0 Å². The molecule has 0 aromatic carbocycles. The molecule has 2 aliphatic rings. The predicted molar refractivity (Wildman–Crippen MR) is 74.9 cm³/mol. The fourth-order valence-corrected chi connectivity index (χ4v) is 3.27. The van der Waals surface area contributed by atoms with Crippen molar-refractivity contribution in [1.82, 2.24) is 0 Å². The Balaban J connectivity index is 1.75. The van der Waals surface area contributed by atoms with Crippen molar-refractivity contribution in [1.29, 1.82) is 0 Å². The summed E-state index contributed by atoms with van der Waals surface area (Å²) in [4.78, 5) is 0. The summed E-state index contributed by atoms with van der Waals surface area (Å²) in [7, 11) is 0. The molecule has 0 amide bonds. The van der Waals surface area contributed by atoms with Crippen LogP contribution in [0.25, 0.3) is 0 Å². The first-order chi connectivity index (χ1) is 8.90. The maximum Gasteiger partial charge on any atom is 0.0840 e. The summed E-state index contributed by atoms with van der Waals surface area (Å²) in [5.74, 6) is 0. The molecule has 0 saturated carbocycles. The van der Waals surface area contributed by atoms with E-state index >= 15 is 0 Å². The van der Waals surface area contributed by atoms with E-state index in [9.17, 15) is 0 Å². The number of rotatable bonds is 5. The first kappa shape index (κ1) is 14.3. The van der Waals surface area contributed by atoms with Crippen LogP contribution in [-0.4, -0.2) is 24.9 Å². The topological polar surface area (TPSA) is 18.5 Å². The minimum atomic E-state index is 0.395. The van der Waals surface area contributed by atoms with Crippen molar-refractivity contribution in [3.8, 4) is 0 Å². The monoisotopic (exact) mass is 254 g/mol. The van der Waals surface area contributed by atoms with Crippen molar-refractivity contribution in [2.45, 2.75) is 95.9 Å². The van der Waals surface area contributed by atoms with Gasteiger partial charge in [-0.3, -0.25) is 0 Å². The predicted octanol–water partition coefficient (Wildman–Crippen LogP) is 4.46. The zero-order chi connectivity index (χ0) is 12.6. The van der Waals surface area contributed by atoms with E-state index in [1.54, 1.807) is 0 Å². The molecule has 2 unspecified atom stereocenters. The van der Waals surface area contributed by atoms with Crippen LogP contribution in [0.4, 0.5) is 0 Å². The van der Waals surface area contributed by atoms with E-state index in [-0.39, 0.29) is 0 Å². The lowest BCUT2D eigenvalue weighted by molar-refractivity contribution is -0.0852. The Bertz CT molecular complexity index is 217. The molecular weight excluding hydrogens is 224 g/mol. The van der Waals surface area contributed by atoms with E-state index in [2.05, 4.69) is 6.92 Å². The smallest absolute Gasteiger partial charge is 0.0840 e. The van der Waals surface area contributed by atoms with Gasteiger partial charge in [0.1, 0.15) is 0 Å². The molecule has 0 radical (unpaired) electrons. The summed E-state index contributed by atoms with van der Waals surface area (Å²) in [6, 6.07) is 0. The van der Waals surface area contributed by atoms with Gasteiger partial charge in [0.05, 0.1) is 18.3 Å². The highest BCUT2D eigenvalue weighted by molar-refractivity contribution is 4.79. The molecule has 0 aromatic rings. The van der Waals surface area contributed by atoms with Crippen LogP contribution in [0.5, 0.6) is 0 Å². The van der Waals surface area contributed by atoms with E-state index in [0.29, 0.717) is 18.3 Å². The highest BCUT2D eigenvalue weighted by Gasteiger charge is 2.30. The van der Waals surface area contributed by atoms with E-state index in [4.69, 9.17) is 9.47 Å². The zero-order valence-corrected chi connectivity index (χ0v) is 12.0. The van der Waals surface area contributed by atoms with Crippen LogP contribution < -0.4 is 0 Å². The molecule has 2 nitrogen and oxygen atoms in total. The van der Waals surface area contributed by atoms with Crippen LogP contribution in [0.2, 0.25) is 0 Å². The first-order valence-corrected chi connectivity index (χ1v) is 8.17. The lowest BCUT2D eigenvalue weighted by Gasteiger charge is -2.25. The van der Waals surface area contributed by atoms with Crippen molar-refractivity contribution < 1.29 is 9.47 Å². The molecule has 0 spiro atoms. The average molecular weight is 254 g/mol. The maximum atomic E-state index is 6.35. The molecule has 0 aromatic heterocycles. The van der Waals surface area contributed by atoms with Crippen LogP contribution >= 0.6 is 0 Å². The Hall–Kier alpha value is -0.0800. The molecule has 2 rings (SSSR count). The van der Waals surface area contributed by atoms with Crippen molar-refractivity contribution in [3.63, 3.8) is 0 Å². The summed E-state index contributed by atoms with van der Waals surface area (Å²) in [5, 5.41) is 0. The van der Waals surface area contributed by atoms with E-state index in [0.717, 1.165) is 6.61 Å². The number of hydrogen-bond acceptors (Lipinski definition) is 2. The minimum Gasteiger partial charge on any atom is -0.376 e. The van der Waals surface area contributed by atoms with Gasteiger partial charge >= 0.3 is 0 Å². The summed E-state index contributed by atoms with van der Waals surface area (Å²) in [6.45, 7) is 3.22. The molecule has 0 aliphatic carbocycles. The van der Waals surface area contributed by atoms with Crippen molar-refractivity contribution in [3.05, 3.63) is 0 Å². The molecule has 3 atom stereocenters. The molecule has 106 valence electrons. The molecule has 0 bridgehead atoms. The summed E-state index contributed by atoms with van der Waals surface area (Å²) in [5.41, 5.74) is 0. The zero-order valence-electron chi connectivity index (χ0n) is 12.0. The maximum absolute atomic E-state index is 6.35. The normalized spacial score (nSPS) is 33.5. The molecule has 2 heterocycles. The number of ether oxygens (including phenoxy) is 2. The molecule has 2 aliphatic heterocycles. The summed E-state index contributed by atoms with van der Waals surface area (Å²) >= 11 is 0. The van der Waals surface area contributed by atoms with Crippen molar-refractivity contribution in [2.75, 3.05) is 6.61 Å². The van der Waals surface area contributed by atoms with Gasteiger partial charge in [-0.25, -0.2) is 0 Å². The Kier molecular flexibility index (Phi) is 6.50. The highest BCUT2D eigenvalue weighted by Crippen LogP contribution is 2.29. The highest BCUT2D eigenvalue weighted by atomic mass is 16.5. The third kappa shape index (κ3) is 4.55. The standard InChI is InChI=1S/C16H30O2/c1-2-3-4-5-9-14-10-8-12-15-16(18-14)11-6-7-13-17-15/h14-16H,2-13H2,1H3/t14-,15?,16?/m0/s1. The second-order valence-corrected chi connectivity index (χ2v) is 5.98. The van der Waals surface area contributed by atoms with Crippen LogP contribution in [0.15, 0.2) is 0 Å². The second-order valence-electron chi connectivity index (χ2n) is 5.98. The Labute approximate surface area is 112 Å². The van der Waals surface area contributed by atoms with E-state index < -0.39 is 0 Å². The van der Waals surface area contributed by atoms with Gasteiger partial charge in [0.2, 0.25) is 0 Å². The van der Waals surface area contributed by atoms with Gasteiger partial charge in [-0.05, 0) is 44.9 Å². The molecule has 0 N–H and O–H groups in total. The summed E-state index contributed by atoms with van der Waals surface area (Å²) < 4.78 is 12.3. The van der Waals surface area contributed by atoms with Crippen LogP contribution in [-0.2, 0) is 9.47 Å². The van der Waals surface area contributed by atoms with Gasteiger partial charge in [-0.2, -0.15) is 0 Å². The molecule has 2 heteroatoms. The van der Waals surface area contributed by atoms with Gasteiger partial charge < -0.3 is 9.47 Å². The lowest BCUT2D eigenvalue weighted by Crippen LogP contribution is -2.31. The van der Waals surface area contributed by atoms with Gasteiger partial charge in [-0.1, -0.05) is 32.6 Å². The summed E-state index contributed by atoms with van der Waals surface area (Å²) in [6.07, 6.45) is 15.5. The average Bonchev–Trinajstić information content (AvgIpc) is 2.69. The number of hydrogen-bond donors (Lipinski definition) is 0. The quantitative estimate of drug-likeness (QED) is 0.674. The Morgan fingerprint density at radius 3 is 2.67 bits per heavy atom. The number of fused-ring (bicyclic) bond motifs is 1. The van der Waals surface area contributed by atoms with Crippen molar-refractivity contribution in [2.24, 2.45) is 0 Å². The van der Waals surface area contributed by atoms with E-state index in [1.165, 1.54) is 70.6 Å². The lowest BCUT2D eigenvalue weighted by atomic mass is 10.0. The van der Waals surface area contributed by atoms with Crippen molar-refractivity contribution >= 4 is 0 Å². The van der Waals surface area contributed by atoms with Gasteiger partial charge in [-0.15, -0.1) is 0 Å². The Morgan fingerprint density at radius 2 is 1.78 bits per heavy atom. The van der Waals surface area contributed by atoms with E-state index in [1.807, 2.05) is 0 Å². The molecule has 2 fully saturated rings. The van der Waals surface area contributed by atoms with Crippen LogP contribution in [0.3, 0.4) is 0 Å². The molecule has 2 saturated heterocycles. The number of unbranched alkanes of at least 4 members (excludes halogenated alkanes) is 3. The fourth-order valence-electron chi connectivity index (χ4n) is 3.27. The largest absolute Gasteiger partial charge is 0.376 e. The molecular formula is C16H30O2. The third-order valence-corrected chi connectivity index (χ3v) is 4.39. The van der Waals surface area contributed by atoms with Crippen LogP contribution in [0, 0.1) is 0 Å². The first-order valence-electron chi connectivity index (χ1n) is 8.17. The van der Waals surface area contributed by atoms with Gasteiger partial charge in [0, 0.05) is 6.61 Å². The minimum absolute atomic E-state index is 0.395. The molecule has 18 heavy (non-hydrogen) atoms.